The number of hydrogen-bond donors (Lipinski definition) is 1. The Morgan fingerprint density at radius 3 is 3.00 bits per heavy atom. The summed E-state index contributed by atoms with van der Waals surface area (Å²) in [6.07, 6.45) is 5.41. The maximum atomic E-state index is 12.4. The molecule has 2 fully saturated rings. The third kappa shape index (κ3) is 2.49. The molecule has 19 heavy (non-hydrogen) atoms. The molecule has 1 aromatic heterocycles. The van der Waals surface area contributed by atoms with E-state index in [0.717, 1.165) is 38.8 Å². The van der Waals surface area contributed by atoms with Crippen LogP contribution in [0.25, 0.3) is 0 Å². The first-order valence-electron chi connectivity index (χ1n) is 7.13. The molecule has 0 spiro atoms. The maximum Gasteiger partial charge on any atom is 0.295 e. The highest BCUT2D eigenvalue weighted by molar-refractivity contribution is 5.90. The highest BCUT2D eigenvalue weighted by atomic mass is 16.5. The van der Waals surface area contributed by atoms with Gasteiger partial charge in [-0.05, 0) is 45.6 Å². The lowest BCUT2D eigenvalue weighted by molar-refractivity contribution is 0.0619. The van der Waals surface area contributed by atoms with E-state index in [1.54, 1.807) is 0 Å². The molecule has 2 aliphatic rings. The lowest BCUT2D eigenvalue weighted by Gasteiger charge is -2.32. The minimum Gasteiger partial charge on any atom is -0.337 e. The summed E-state index contributed by atoms with van der Waals surface area (Å²) in [5.41, 5.74) is 0. The summed E-state index contributed by atoms with van der Waals surface area (Å²) in [5, 5.41) is 7.15. The number of likely N-dealkylation sites (tertiary alicyclic amines) is 1. The molecule has 0 bridgehead atoms. The van der Waals surface area contributed by atoms with Gasteiger partial charge in [0.15, 0.2) is 0 Å². The van der Waals surface area contributed by atoms with Crippen molar-refractivity contribution < 1.29 is 9.32 Å². The zero-order valence-electron chi connectivity index (χ0n) is 11.3. The molecular weight excluding hydrogens is 244 g/mol. The number of rotatable bonds is 2. The minimum absolute atomic E-state index is 0.0970. The summed E-state index contributed by atoms with van der Waals surface area (Å²) < 4.78 is 5.22. The fourth-order valence-electron chi connectivity index (χ4n) is 2.89. The smallest absolute Gasteiger partial charge is 0.295 e. The Hall–Kier alpha value is -1.43. The Balaban J connectivity index is 1.72. The van der Waals surface area contributed by atoms with E-state index >= 15 is 0 Å². The van der Waals surface area contributed by atoms with Gasteiger partial charge in [-0.2, -0.15) is 4.98 Å². The van der Waals surface area contributed by atoms with Crippen LogP contribution < -0.4 is 5.32 Å². The molecule has 2 atom stereocenters. The fraction of sp³-hybridized carbons (Fsp3) is 0.769. The molecule has 6 nitrogen and oxygen atoms in total. The summed E-state index contributed by atoms with van der Waals surface area (Å²) in [6.45, 7) is 3.85. The van der Waals surface area contributed by atoms with Crippen molar-refractivity contribution in [1.29, 1.82) is 0 Å². The molecule has 0 radical (unpaired) electrons. The first kappa shape index (κ1) is 12.6. The van der Waals surface area contributed by atoms with E-state index in [9.17, 15) is 4.79 Å². The quantitative estimate of drug-likeness (QED) is 0.876. The van der Waals surface area contributed by atoms with Crippen LogP contribution >= 0.6 is 0 Å². The summed E-state index contributed by atoms with van der Waals surface area (Å²) in [6, 6.07) is 0.389. The minimum atomic E-state index is -0.0970. The van der Waals surface area contributed by atoms with Crippen LogP contribution in [-0.2, 0) is 0 Å². The van der Waals surface area contributed by atoms with Crippen LogP contribution in [-0.4, -0.2) is 40.1 Å². The van der Waals surface area contributed by atoms with E-state index < -0.39 is 0 Å². The predicted octanol–water partition coefficient (Wildman–Crippen LogP) is 1.51. The monoisotopic (exact) mass is 264 g/mol. The number of hydrogen-bond acceptors (Lipinski definition) is 5. The van der Waals surface area contributed by atoms with Gasteiger partial charge in [-0.25, -0.2) is 0 Å². The first-order valence-corrected chi connectivity index (χ1v) is 7.13. The van der Waals surface area contributed by atoms with E-state index in [4.69, 9.17) is 4.52 Å². The summed E-state index contributed by atoms with van der Waals surface area (Å²) in [5.74, 6) is 0.656. The van der Waals surface area contributed by atoms with Gasteiger partial charge in [0.05, 0.1) is 6.04 Å². The molecule has 3 rings (SSSR count). The van der Waals surface area contributed by atoms with Crippen LogP contribution in [0.2, 0.25) is 0 Å². The van der Waals surface area contributed by atoms with Gasteiger partial charge in [0.2, 0.25) is 5.89 Å². The summed E-state index contributed by atoms with van der Waals surface area (Å²) in [7, 11) is 0. The van der Waals surface area contributed by atoms with Gasteiger partial charge in [-0.1, -0.05) is 5.16 Å². The number of nitrogens with zero attached hydrogens (tertiary/aromatic N) is 3. The Morgan fingerprint density at radius 1 is 1.37 bits per heavy atom. The molecule has 6 heteroatoms. The largest absolute Gasteiger partial charge is 0.337 e. The SMILES string of the molecule is CC1CCCCN1C(=O)c1noc(C2CCCN2)n1. The van der Waals surface area contributed by atoms with Crippen molar-refractivity contribution in [3.63, 3.8) is 0 Å². The average Bonchev–Trinajstić information content (AvgIpc) is 3.09. The predicted molar refractivity (Wildman–Crippen MR) is 68.6 cm³/mol. The van der Waals surface area contributed by atoms with Crippen molar-refractivity contribution in [2.45, 2.75) is 51.1 Å². The van der Waals surface area contributed by atoms with Crippen molar-refractivity contribution in [3.8, 4) is 0 Å². The van der Waals surface area contributed by atoms with Crippen LogP contribution in [0.1, 0.15) is 61.6 Å². The molecule has 3 heterocycles. The van der Waals surface area contributed by atoms with Gasteiger partial charge in [0.1, 0.15) is 0 Å². The Labute approximate surface area is 112 Å². The van der Waals surface area contributed by atoms with Crippen LogP contribution in [0.5, 0.6) is 0 Å². The third-order valence-electron chi connectivity index (χ3n) is 4.06. The Kier molecular flexibility index (Phi) is 3.50. The number of carbonyl (C=O) groups is 1. The highest BCUT2D eigenvalue weighted by Gasteiger charge is 2.29. The number of nitrogens with one attached hydrogen (secondary N) is 1. The molecule has 1 aromatic rings. The number of piperidine rings is 1. The van der Waals surface area contributed by atoms with Gasteiger partial charge in [0.25, 0.3) is 11.7 Å². The molecule has 0 aliphatic carbocycles. The number of carbonyl (C=O) groups excluding carboxylic acids is 1. The van der Waals surface area contributed by atoms with Gasteiger partial charge in [-0.3, -0.25) is 4.79 Å². The van der Waals surface area contributed by atoms with Crippen LogP contribution in [0, 0.1) is 0 Å². The van der Waals surface area contributed by atoms with Crippen molar-refractivity contribution >= 4 is 5.91 Å². The third-order valence-corrected chi connectivity index (χ3v) is 4.06. The summed E-state index contributed by atoms with van der Waals surface area (Å²) in [4.78, 5) is 18.5. The molecule has 2 unspecified atom stereocenters. The number of amides is 1. The van der Waals surface area contributed by atoms with E-state index in [1.807, 2.05) is 4.90 Å². The molecule has 0 aromatic carbocycles. The molecule has 104 valence electrons. The molecule has 1 amide bonds. The van der Waals surface area contributed by atoms with Gasteiger partial charge >= 0.3 is 0 Å². The zero-order chi connectivity index (χ0) is 13.2. The van der Waals surface area contributed by atoms with Gasteiger partial charge in [0, 0.05) is 12.6 Å². The van der Waals surface area contributed by atoms with E-state index in [-0.39, 0.29) is 23.8 Å². The highest BCUT2D eigenvalue weighted by Crippen LogP contribution is 2.22. The van der Waals surface area contributed by atoms with Crippen LogP contribution in [0.3, 0.4) is 0 Å². The zero-order valence-corrected chi connectivity index (χ0v) is 11.3. The van der Waals surface area contributed by atoms with Crippen molar-refractivity contribution in [1.82, 2.24) is 20.4 Å². The maximum absolute atomic E-state index is 12.4. The van der Waals surface area contributed by atoms with Crippen molar-refractivity contribution in [2.24, 2.45) is 0 Å². The summed E-state index contributed by atoms with van der Waals surface area (Å²) >= 11 is 0. The van der Waals surface area contributed by atoms with E-state index in [2.05, 4.69) is 22.4 Å². The average molecular weight is 264 g/mol. The van der Waals surface area contributed by atoms with Crippen LogP contribution in [0.4, 0.5) is 0 Å². The van der Waals surface area contributed by atoms with E-state index in [0.29, 0.717) is 5.89 Å². The second-order valence-corrected chi connectivity index (χ2v) is 5.45. The second-order valence-electron chi connectivity index (χ2n) is 5.45. The standard InChI is InChI=1S/C13H20N4O2/c1-9-5-2-3-8-17(9)13(18)11-15-12(19-16-11)10-6-4-7-14-10/h9-10,14H,2-8H2,1H3. The molecule has 1 N–H and O–H groups in total. The van der Waals surface area contributed by atoms with E-state index in [1.165, 1.54) is 6.42 Å². The second kappa shape index (κ2) is 5.28. The van der Waals surface area contributed by atoms with Crippen molar-refractivity contribution in [2.75, 3.05) is 13.1 Å². The van der Waals surface area contributed by atoms with Crippen LogP contribution in [0.15, 0.2) is 4.52 Å². The molecule has 2 aliphatic heterocycles. The lowest BCUT2D eigenvalue weighted by atomic mass is 10.0. The molecular formula is C13H20N4O2. The number of aromatic nitrogens is 2. The topological polar surface area (TPSA) is 71.3 Å². The normalized spacial score (nSPS) is 27.7. The first-order chi connectivity index (χ1) is 9.25. The fourth-order valence-corrected chi connectivity index (χ4v) is 2.89. The Bertz CT molecular complexity index is 453. The van der Waals surface area contributed by atoms with Gasteiger partial charge < -0.3 is 14.7 Å². The lowest BCUT2D eigenvalue weighted by Crippen LogP contribution is -2.42. The van der Waals surface area contributed by atoms with Crippen molar-refractivity contribution in [3.05, 3.63) is 11.7 Å². The molecule has 0 saturated carbocycles. The van der Waals surface area contributed by atoms with Gasteiger partial charge in [-0.15, -0.1) is 0 Å². The Morgan fingerprint density at radius 2 is 2.26 bits per heavy atom. The molecule has 2 saturated heterocycles.